The SMILES string of the molecule is CCN(Cc1ccccc1Cl)C(=O)CC1Sc2ccc(Cl)cc2NC1=O. The summed E-state index contributed by atoms with van der Waals surface area (Å²) in [4.78, 5) is 27.7. The molecule has 0 bridgehead atoms. The molecule has 0 spiro atoms. The zero-order valence-electron chi connectivity index (χ0n) is 14.2. The van der Waals surface area contributed by atoms with E-state index in [9.17, 15) is 9.59 Å². The number of rotatable bonds is 5. The minimum absolute atomic E-state index is 0.0718. The van der Waals surface area contributed by atoms with Gasteiger partial charge in [0.05, 0.1) is 10.9 Å². The van der Waals surface area contributed by atoms with E-state index in [2.05, 4.69) is 5.32 Å². The van der Waals surface area contributed by atoms with Gasteiger partial charge < -0.3 is 10.2 Å². The lowest BCUT2D eigenvalue weighted by molar-refractivity contribution is -0.133. The number of carbonyl (C=O) groups is 2. The summed E-state index contributed by atoms with van der Waals surface area (Å²) in [6, 6.07) is 12.8. The van der Waals surface area contributed by atoms with E-state index in [4.69, 9.17) is 23.2 Å². The van der Waals surface area contributed by atoms with Crippen molar-refractivity contribution in [2.75, 3.05) is 11.9 Å². The van der Waals surface area contributed by atoms with Gasteiger partial charge in [0.25, 0.3) is 0 Å². The number of benzene rings is 2. The summed E-state index contributed by atoms with van der Waals surface area (Å²) >= 11 is 13.6. The Morgan fingerprint density at radius 1 is 1.23 bits per heavy atom. The molecule has 0 fully saturated rings. The van der Waals surface area contributed by atoms with E-state index in [1.165, 1.54) is 11.8 Å². The molecule has 1 N–H and O–H groups in total. The van der Waals surface area contributed by atoms with Crippen LogP contribution in [-0.2, 0) is 16.1 Å². The number of amides is 2. The van der Waals surface area contributed by atoms with Crippen LogP contribution in [-0.4, -0.2) is 28.5 Å². The summed E-state index contributed by atoms with van der Waals surface area (Å²) < 4.78 is 0. The fourth-order valence-electron chi connectivity index (χ4n) is 2.75. The predicted octanol–water partition coefficient (Wildman–Crippen LogP) is 4.85. The summed E-state index contributed by atoms with van der Waals surface area (Å²) in [6.45, 7) is 2.90. The van der Waals surface area contributed by atoms with Crippen LogP contribution in [0.3, 0.4) is 0 Å². The minimum Gasteiger partial charge on any atom is -0.339 e. The Hall–Kier alpha value is -1.69. The third-order valence-electron chi connectivity index (χ3n) is 4.17. The zero-order chi connectivity index (χ0) is 18.7. The van der Waals surface area contributed by atoms with E-state index in [1.54, 1.807) is 17.0 Å². The smallest absolute Gasteiger partial charge is 0.238 e. The Kier molecular flexibility index (Phi) is 6.12. The summed E-state index contributed by atoms with van der Waals surface area (Å²) in [7, 11) is 0. The van der Waals surface area contributed by atoms with Crippen molar-refractivity contribution in [3.8, 4) is 0 Å². The molecule has 0 saturated heterocycles. The quantitative estimate of drug-likeness (QED) is 0.769. The van der Waals surface area contributed by atoms with Crippen molar-refractivity contribution in [3.05, 3.63) is 58.1 Å². The molecule has 1 atom stereocenters. The molecular formula is C19H18Cl2N2O2S. The van der Waals surface area contributed by atoms with Crippen molar-refractivity contribution < 1.29 is 9.59 Å². The van der Waals surface area contributed by atoms with Gasteiger partial charge in [-0.05, 0) is 36.8 Å². The van der Waals surface area contributed by atoms with Crippen LogP contribution >= 0.6 is 35.0 Å². The molecular weight excluding hydrogens is 391 g/mol. The normalized spacial score (nSPS) is 16.0. The van der Waals surface area contributed by atoms with Gasteiger partial charge in [0.15, 0.2) is 0 Å². The number of hydrogen-bond donors (Lipinski definition) is 1. The number of nitrogens with one attached hydrogen (secondary N) is 1. The Balaban J connectivity index is 1.69. The molecule has 7 heteroatoms. The van der Waals surface area contributed by atoms with Crippen LogP contribution in [0.5, 0.6) is 0 Å². The van der Waals surface area contributed by atoms with E-state index in [-0.39, 0.29) is 18.2 Å². The van der Waals surface area contributed by atoms with Crippen LogP contribution in [0.4, 0.5) is 5.69 Å². The molecule has 0 saturated carbocycles. The number of hydrogen-bond acceptors (Lipinski definition) is 3. The Morgan fingerprint density at radius 2 is 2.00 bits per heavy atom. The summed E-state index contributed by atoms with van der Waals surface area (Å²) in [5.41, 5.74) is 1.59. The fourth-order valence-corrected chi connectivity index (χ4v) is 4.20. The van der Waals surface area contributed by atoms with Gasteiger partial charge in [0.2, 0.25) is 11.8 Å². The summed E-state index contributed by atoms with van der Waals surface area (Å²) in [6.07, 6.45) is 0.136. The van der Waals surface area contributed by atoms with Crippen LogP contribution < -0.4 is 5.32 Å². The third-order valence-corrected chi connectivity index (χ3v) is 6.05. The van der Waals surface area contributed by atoms with Crippen LogP contribution in [0.2, 0.25) is 10.0 Å². The molecule has 1 heterocycles. The Labute approximate surface area is 166 Å². The third kappa shape index (κ3) is 4.34. The highest BCUT2D eigenvalue weighted by atomic mass is 35.5. The zero-order valence-corrected chi connectivity index (χ0v) is 16.5. The van der Waals surface area contributed by atoms with Gasteiger partial charge in [-0.3, -0.25) is 9.59 Å². The van der Waals surface area contributed by atoms with Crippen molar-refractivity contribution in [1.82, 2.24) is 4.90 Å². The maximum atomic E-state index is 12.7. The van der Waals surface area contributed by atoms with Crippen molar-refractivity contribution in [2.24, 2.45) is 0 Å². The van der Waals surface area contributed by atoms with Gasteiger partial charge in [-0.15, -0.1) is 11.8 Å². The molecule has 1 aliphatic rings. The number of thioether (sulfide) groups is 1. The fraction of sp³-hybridized carbons (Fsp3) is 0.263. The second-order valence-electron chi connectivity index (χ2n) is 5.94. The number of nitrogens with zero attached hydrogens (tertiary/aromatic N) is 1. The van der Waals surface area contributed by atoms with Crippen molar-refractivity contribution in [2.45, 2.75) is 30.0 Å². The average molecular weight is 409 g/mol. The second-order valence-corrected chi connectivity index (χ2v) is 8.03. The summed E-state index contributed by atoms with van der Waals surface area (Å²) in [5, 5.41) is 3.57. The summed E-state index contributed by atoms with van der Waals surface area (Å²) in [5.74, 6) is -0.246. The van der Waals surface area contributed by atoms with E-state index in [1.807, 2.05) is 37.3 Å². The van der Waals surface area contributed by atoms with Gasteiger partial charge in [-0.1, -0.05) is 41.4 Å². The van der Waals surface area contributed by atoms with Crippen LogP contribution in [0.25, 0.3) is 0 Å². The largest absolute Gasteiger partial charge is 0.339 e. The molecule has 1 unspecified atom stereocenters. The van der Waals surface area contributed by atoms with E-state index >= 15 is 0 Å². The van der Waals surface area contributed by atoms with Crippen molar-refractivity contribution in [1.29, 1.82) is 0 Å². The minimum atomic E-state index is -0.462. The van der Waals surface area contributed by atoms with E-state index < -0.39 is 5.25 Å². The topological polar surface area (TPSA) is 49.4 Å². The van der Waals surface area contributed by atoms with Crippen LogP contribution in [0.1, 0.15) is 18.9 Å². The standard InChI is InChI=1S/C19H18Cl2N2O2S/c1-2-23(11-12-5-3-4-6-14(12)21)18(24)10-17-19(25)22-15-9-13(20)7-8-16(15)26-17/h3-9,17H,2,10-11H2,1H3,(H,22,25). The Morgan fingerprint density at radius 3 is 2.73 bits per heavy atom. The van der Waals surface area contributed by atoms with Gasteiger partial charge in [0, 0.05) is 34.5 Å². The molecule has 0 aromatic heterocycles. The van der Waals surface area contributed by atoms with Gasteiger partial charge >= 0.3 is 0 Å². The first-order chi connectivity index (χ1) is 12.5. The number of carbonyl (C=O) groups excluding carboxylic acids is 2. The monoisotopic (exact) mass is 408 g/mol. The highest BCUT2D eigenvalue weighted by molar-refractivity contribution is 8.01. The maximum absolute atomic E-state index is 12.7. The van der Waals surface area contributed by atoms with Gasteiger partial charge in [0.1, 0.15) is 0 Å². The molecule has 2 aromatic rings. The molecule has 0 radical (unpaired) electrons. The molecule has 3 rings (SSSR count). The Bertz CT molecular complexity index is 844. The lowest BCUT2D eigenvalue weighted by atomic mass is 10.2. The van der Waals surface area contributed by atoms with Crippen molar-refractivity contribution >= 4 is 52.5 Å². The van der Waals surface area contributed by atoms with E-state index in [0.29, 0.717) is 28.8 Å². The van der Waals surface area contributed by atoms with Crippen molar-refractivity contribution in [3.63, 3.8) is 0 Å². The molecule has 136 valence electrons. The van der Waals surface area contributed by atoms with Crippen LogP contribution in [0.15, 0.2) is 47.4 Å². The lowest BCUT2D eigenvalue weighted by Gasteiger charge is -2.27. The molecule has 26 heavy (non-hydrogen) atoms. The number of anilines is 1. The van der Waals surface area contributed by atoms with Gasteiger partial charge in [-0.25, -0.2) is 0 Å². The highest BCUT2D eigenvalue weighted by Crippen LogP contribution is 2.38. The molecule has 0 aliphatic carbocycles. The van der Waals surface area contributed by atoms with Gasteiger partial charge in [-0.2, -0.15) is 0 Å². The molecule has 1 aliphatic heterocycles. The number of fused-ring (bicyclic) bond motifs is 1. The second kappa shape index (κ2) is 8.33. The molecule has 2 amide bonds. The first-order valence-electron chi connectivity index (χ1n) is 8.26. The number of halogens is 2. The average Bonchev–Trinajstić information content (AvgIpc) is 2.61. The lowest BCUT2D eigenvalue weighted by Crippen LogP contribution is -2.37. The molecule has 4 nitrogen and oxygen atoms in total. The van der Waals surface area contributed by atoms with E-state index in [0.717, 1.165) is 10.5 Å². The molecule has 2 aromatic carbocycles. The maximum Gasteiger partial charge on any atom is 0.238 e. The first kappa shape index (κ1) is 19.1. The predicted molar refractivity (Wildman–Crippen MR) is 107 cm³/mol. The first-order valence-corrected chi connectivity index (χ1v) is 9.89. The highest BCUT2D eigenvalue weighted by Gasteiger charge is 2.30. The van der Waals surface area contributed by atoms with Crippen LogP contribution in [0, 0.1) is 0 Å².